The Morgan fingerprint density at radius 3 is 1.82 bits per heavy atom. The monoisotopic (exact) mass is 394 g/mol. The Bertz CT molecular complexity index is 453. The molecule has 0 unspecified atom stereocenters. The van der Waals surface area contributed by atoms with Gasteiger partial charge >= 0.3 is 0 Å². The lowest BCUT2D eigenvalue weighted by molar-refractivity contribution is -0.182. The molecule has 0 aromatic heterocycles. The highest BCUT2D eigenvalue weighted by molar-refractivity contribution is 5.07. The molecule has 4 aliphatic rings. The van der Waals surface area contributed by atoms with Crippen molar-refractivity contribution in [2.45, 2.75) is 109 Å². The van der Waals surface area contributed by atoms with Crippen molar-refractivity contribution in [3.63, 3.8) is 0 Å². The summed E-state index contributed by atoms with van der Waals surface area (Å²) in [7, 11) is 0. The molecule has 28 heavy (non-hydrogen) atoms. The van der Waals surface area contributed by atoms with Gasteiger partial charge in [-0.1, -0.05) is 51.2 Å². The number of allylic oxidation sites excluding steroid dienone is 2. The molecule has 162 valence electrons. The van der Waals surface area contributed by atoms with Gasteiger partial charge in [0.1, 0.15) is 0 Å². The first-order valence-electron chi connectivity index (χ1n) is 11.9. The summed E-state index contributed by atoms with van der Waals surface area (Å²) in [6, 6.07) is 0. The second-order valence-electron chi connectivity index (χ2n) is 8.95. The minimum absolute atomic E-state index is 0.150. The molecule has 0 amide bonds. The van der Waals surface area contributed by atoms with Crippen LogP contribution >= 0.6 is 0 Å². The van der Waals surface area contributed by atoms with E-state index in [1.165, 1.54) is 57.8 Å². The van der Waals surface area contributed by atoms with Crippen LogP contribution in [0.3, 0.4) is 0 Å². The van der Waals surface area contributed by atoms with E-state index in [-0.39, 0.29) is 11.6 Å². The van der Waals surface area contributed by atoms with E-state index < -0.39 is 0 Å². The summed E-state index contributed by atoms with van der Waals surface area (Å²) in [5, 5.41) is 0. The van der Waals surface area contributed by atoms with Gasteiger partial charge in [0.2, 0.25) is 0 Å². The molecule has 4 heteroatoms. The van der Waals surface area contributed by atoms with Crippen LogP contribution in [-0.4, -0.2) is 38.0 Å². The molecule has 0 N–H and O–H groups in total. The molecule has 0 atom stereocenters. The Hall–Kier alpha value is -0.420. The van der Waals surface area contributed by atoms with E-state index in [1.807, 2.05) is 0 Å². The first-order valence-corrected chi connectivity index (χ1v) is 11.9. The molecule has 2 aliphatic heterocycles. The quantitative estimate of drug-likeness (QED) is 0.525. The second-order valence-corrected chi connectivity index (χ2v) is 8.95. The van der Waals surface area contributed by atoms with Gasteiger partial charge in [-0.15, -0.1) is 0 Å². The highest BCUT2D eigenvalue weighted by Gasteiger charge is 2.40. The number of hydrogen-bond donors (Lipinski definition) is 0. The van der Waals surface area contributed by atoms with Crippen LogP contribution in [0, 0.1) is 5.92 Å². The predicted octanol–water partition coefficient (Wildman–Crippen LogP) is 6.14. The zero-order valence-electron chi connectivity index (χ0n) is 18.3. The van der Waals surface area contributed by atoms with Gasteiger partial charge in [0.05, 0.1) is 26.4 Å². The summed E-state index contributed by atoms with van der Waals surface area (Å²) in [5.74, 6) is 0.597. The maximum atomic E-state index is 5.71. The Morgan fingerprint density at radius 2 is 1.32 bits per heavy atom. The van der Waals surface area contributed by atoms with Crippen molar-refractivity contribution >= 4 is 0 Å². The molecular weight excluding hydrogens is 352 g/mol. The fourth-order valence-electron chi connectivity index (χ4n) is 4.97. The number of unbranched alkanes of at least 4 members (excludes halogenated alkanes) is 2. The van der Waals surface area contributed by atoms with E-state index in [2.05, 4.69) is 19.9 Å². The lowest BCUT2D eigenvalue weighted by Crippen LogP contribution is -2.35. The van der Waals surface area contributed by atoms with Crippen molar-refractivity contribution in [3.05, 3.63) is 11.6 Å². The van der Waals surface area contributed by atoms with Crippen molar-refractivity contribution in [1.82, 2.24) is 0 Å². The predicted molar refractivity (Wildman–Crippen MR) is 112 cm³/mol. The summed E-state index contributed by atoms with van der Waals surface area (Å²) in [6.45, 7) is 7.68. The molecule has 2 heterocycles. The van der Waals surface area contributed by atoms with E-state index in [1.54, 1.807) is 5.57 Å². The molecular formula is C24H42O4. The van der Waals surface area contributed by atoms with Crippen LogP contribution in [0.2, 0.25) is 0 Å². The Labute approximate surface area is 172 Å². The first kappa shape index (κ1) is 22.3. The maximum Gasteiger partial charge on any atom is 0.169 e. The molecule has 0 aromatic carbocycles. The lowest BCUT2D eigenvalue weighted by atomic mass is 9.82. The molecule has 2 saturated carbocycles. The van der Waals surface area contributed by atoms with Crippen molar-refractivity contribution < 1.29 is 18.9 Å². The van der Waals surface area contributed by atoms with Crippen LogP contribution in [0.25, 0.3) is 0 Å². The molecule has 2 spiro atoms. The summed E-state index contributed by atoms with van der Waals surface area (Å²) in [6.07, 6.45) is 18.3. The number of rotatable bonds is 5. The minimum Gasteiger partial charge on any atom is -0.348 e. The summed E-state index contributed by atoms with van der Waals surface area (Å²) < 4.78 is 22.8. The van der Waals surface area contributed by atoms with Crippen molar-refractivity contribution in [2.75, 3.05) is 26.4 Å². The van der Waals surface area contributed by atoms with Crippen LogP contribution in [0.1, 0.15) is 97.3 Å². The second kappa shape index (κ2) is 11.1. The average Bonchev–Trinajstić information content (AvgIpc) is 3.38. The molecule has 4 rings (SSSR count). The summed E-state index contributed by atoms with van der Waals surface area (Å²) in [5.41, 5.74) is 1.61. The van der Waals surface area contributed by atoms with Crippen LogP contribution in [-0.2, 0) is 18.9 Å². The van der Waals surface area contributed by atoms with Crippen LogP contribution in [0.4, 0.5) is 0 Å². The van der Waals surface area contributed by atoms with E-state index >= 15 is 0 Å². The third kappa shape index (κ3) is 6.29. The zero-order valence-corrected chi connectivity index (χ0v) is 18.3. The third-order valence-corrected chi connectivity index (χ3v) is 6.84. The third-order valence-electron chi connectivity index (χ3n) is 6.84. The van der Waals surface area contributed by atoms with Crippen molar-refractivity contribution in [1.29, 1.82) is 0 Å². The number of ether oxygens (including phenoxy) is 4. The molecule has 2 saturated heterocycles. The first-order chi connectivity index (χ1) is 13.7. The molecule has 0 bridgehead atoms. The van der Waals surface area contributed by atoms with Gasteiger partial charge in [0.15, 0.2) is 11.6 Å². The maximum absolute atomic E-state index is 5.71. The van der Waals surface area contributed by atoms with Crippen LogP contribution < -0.4 is 0 Å². The Balaban J connectivity index is 0.000000161. The molecule has 4 fully saturated rings. The van der Waals surface area contributed by atoms with Gasteiger partial charge in [-0.2, -0.15) is 0 Å². The summed E-state index contributed by atoms with van der Waals surface area (Å²) >= 11 is 0. The zero-order chi connectivity index (χ0) is 19.7. The van der Waals surface area contributed by atoms with E-state index in [4.69, 9.17) is 18.9 Å². The Kier molecular flexibility index (Phi) is 8.83. The normalized spacial score (nSPS) is 28.4. The highest BCUT2D eigenvalue weighted by Crippen LogP contribution is 2.40. The topological polar surface area (TPSA) is 36.9 Å². The summed E-state index contributed by atoms with van der Waals surface area (Å²) in [4.78, 5) is 0. The molecule has 0 radical (unpaired) electrons. The van der Waals surface area contributed by atoms with Crippen molar-refractivity contribution in [2.24, 2.45) is 5.92 Å². The number of hydrogen-bond acceptors (Lipinski definition) is 4. The van der Waals surface area contributed by atoms with Gasteiger partial charge in [0.25, 0.3) is 0 Å². The highest BCUT2D eigenvalue weighted by atomic mass is 16.7. The van der Waals surface area contributed by atoms with Gasteiger partial charge < -0.3 is 18.9 Å². The van der Waals surface area contributed by atoms with Crippen LogP contribution in [0.15, 0.2) is 11.6 Å². The van der Waals surface area contributed by atoms with Gasteiger partial charge in [-0.25, -0.2) is 0 Å². The van der Waals surface area contributed by atoms with Gasteiger partial charge in [-0.05, 0) is 38.0 Å². The molecule has 2 aliphatic carbocycles. The van der Waals surface area contributed by atoms with E-state index in [9.17, 15) is 0 Å². The fraction of sp³-hybridized carbons (Fsp3) is 0.917. The van der Waals surface area contributed by atoms with Crippen molar-refractivity contribution in [3.8, 4) is 0 Å². The largest absolute Gasteiger partial charge is 0.348 e. The van der Waals surface area contributed by atoms with E-state index in [0.717, 1.165) is 58.0 Å². The van der Waals surface area contributed by atoms with Gasteiger partial charge in [-0.3, -0.25) is 0 Å². The molecule has 0 aromatic rings. The Morgan fingerprint density at radius 1 is 0.786 bits per heavy atom. The minimum atomic E-state index is -0.191. The standard InChI is InChI=1S/C12H22O2.C12H20O2/c2*1-2-3-4-11-5-7-12(8-6-11)13-9-10-14-12/h11H,2-10H2,1H3;4H,2-3,5-10H2,1H3. The van der Waals surface area contributed by atoms with Crippen LogP contribution in [0.5, 0.6) is 0 Å². The fourth-order valence-corrected chi connectivity index (χ4v) is 4.97. The smallest absolute Gasteiger partial charge is 0.169 e. The lowest BCUT2D eigenvalue weighted by Gasteiger charge is -2.35. The van der Waals surface area contributed by atoms with E-state index in [0.29, 0.717) is 0 Å². The SMILES string of the molecule is CCCC=C1CCC2(CC1)OCCO2.CCCCC1CCC2(CC1)OCCO2. The van der Waals surface area contributed by atoms with Gasteiger partial charge in [0, 0.05) is 25.7 Å². The average molecular weight is 395 g/mol. The molecule has 4 nitrogen and oxygen atoms in total.